The van der Waals surface area contributed by atoms with E-state index in [0.29, 0.717) is 0 Å². The van der Waals surface area contributed by atoms with Crippen LogP contribution in [0.15, 0.2) is 133 Å². The summed E-state index contributed by atoms with van der Waals surface area (Å²) >= 11 is 3.87. The van der Waals surface area contributed by atoms with E-state index in [-0.39, 0.29) is 0 Å². The molecule has 0 bridgehead atoms. The van der Waals surface area contributed by atoms with E-state index in [0.717, 1.165) is 11.0 Å². The van der Waals surface area contributed by atoms with Crippen LogP contribution in [0.5, 0.6) is 0 Å². The number of thiophene rings is 2. The lowest BCUT2D eigenvalue weighted by Crippen LogP contribution is -1.90. The molecule has 0 spiro atoms. The molecule has 0 saturated heterocycles. The normalized spacial score (nSPS) is 12.0. The first-order valence-corrected chi connectivity index (χ1v) is 21.5. The van der Waals surface area contributed by atoms with Gasteiger partial charge in [0.15, 0.2) is 0 Å². The summed E-state index contributed by atoms with van der Waals surface area (Å²) in [5, 5.41) is 7.82. The van der Waals surface area contributed by atoms with Crippen molar-refractivity contribution < 1.29 is 0 Å². The Morgan fingerprint density at radius 3 is 1.04 bits per heavy atom. The molecular formula is C54H41NS2. The van der Waals surface area contributed by atoms with Crippen molar-refractivity contribution >= 4 is 84.8 Å². The smallest absolute Gasteiger partial charge is 0.0465 e. The van der Waals surface area contributed by atoms with Crippen molar-refractivity contribution in [3.05, 3.63) is 167 Å². The molecule has 0 fully saturated rings. The van der Waals surface area contributed by atoms with Gasteiger partial charge in [0, 0.05) is 73.3 Å². The van der Waals surface area contributed by atoms with Crippen LogP contribution in [-0.4, -0.2) is 4.98 Å². The molecule has 8 aromatic carbocycles. The summed E-state index contributed by atoms with van der Waals surface area (Å²) in [4.78, 5) is 3.74. The fourth-order valence-corrected chi connectivity index (χ4v) is 12.6. The van der Waals surface area contributed by atoms with Crippen molar-refractivity contribution in [2.75, 3.05) is 0 Å². The van der Waals surface area contributed by atoms with E-state index in [2.05, 4.69) is 180 Å². The van der Waals surface area contributed by atoms with Crippen molar-refractivity contribution in [2.24, 2.45) is 0 Å². The van der Waals surface area contributed by atoms with Crippen molar-refractivity contribution in [2.45, 2.75) is 41.5 Å². The first-order chi connectivity index (χ1) is 27.7. The summed E-state index contributed by atoms with van der Waals surface area (Å²) in [7, 11) is 0. The number of H-pyrrole nitrogens is 1. The van der Waals surface area contributed by atoms with Crippen LogP contribution in [0.25, 0.3) is 107 Å². The third-order valence-corrected chi connectivity index (χ3v) is 14.7. The highest BCUT2D eigenvalue weighted by atomic mass is 32.1. The van der Waals surface area contributed by atoms with Crippen LogP contribution in [0.4, 0.5) is 0 Å². The number of hydrogen-bond acceptors (Lipinski definition) is 2. The van der Waals surface area contributed by atoms with Gasteiger partial charge in [0.05, 0.1) is 0 Å². The number of fused-ring (bicyclic) bond motifs is 9. The molecule has 0 aliphatic carbocycles. The summed E-state index contributed by atoms with van der Waals surface area (Å²) in [5.74, 6) is 0. The zero-order chi connectivity index (χ0) is 38.7. The lowest BCUT2D eigenvalue weighted by Gasteiger charge is -2.12. The summed E-state index contributed by atoms with van der Waals surface area (Å²) in [5.41, 5.74) is 20.7. The third kappa shape index (κ3) is 5.26. The molecule has 274 valence electrons. The first kappa shape index (κ1) is 34.3. The van der Waals surface area contributed by atoms with E-state index < -0.39 is 0 Å². The monoisotopic (exact) mass is 767 g/mol. The van der Waals surface area contributed by atoms with Crippen LogP contribution >= 0.6 is 22.7 Å². The van der Waals surface area contributed by atoms with Crippen LogP contribution in [0.1, 0.15) is 33.4 Å². The molecule has 11 aromatic rings. The molecule has 3 heteroatoms. The van der Waals surface area contributed by atoms with E-state index >= 15 is 0 Å². The van der Waals surface area contributed by atoms with Gasteiger partial charge in [-0.15, -0.1) is 22.7 Å². The maximum absolute atomic E-state index is 3.74. The van der Waals surface area contributed by atoms with Crippen molar-refractivity contribution in [3.63, 3.8) is 0 Å². The maximum Gasteiger partial charge on any atom is 0.0465 e. The van der Waals surface area contributed by atoms with Gasteiger partial charge in [0.2, 0.25) is 0 Å². The molecule has 0 atom stereocenters. The SMILES string of the molecule is Cc1cc(C)c(-c2cccc3c2sc2c(-c4ccc5[nH]c6ccc(-c7cccc8c7sc7c(-c9c(C)cc(C)cc9C)cccc78)cc6c5c4)cccc23)c(C)c1. The number of nitrogens with one attached hydrogen (secondary N) is 1. The molecule has 57 heavy (non-hydrogen) atoms. The van der Waals surface area contributed by atoms with Gasteiger partial charge in [0.1, 0.15) is 0 Å². The molecule has 0 radical (unpaired) electrons. The minimum atomic E-state index is 1.16. The molecule has 3 heterocycles. The predicted octanol–water partition coefficient (Wildman–Crippen LogP) is 16.6. The van der Waals surface area contributed by atoms with Crippen molar-refractivity contribution in [1.29, 1.82) is 0 Å². The fraction of sp³-hybridized carbons (Fsp3) is 0.111. The van der Waals surface area contributed by atoms with Gasteiger partial charge in [-0.3, -0.25) is 0 Å². The molecule has 0 aliphatic heterocycles. The third-order valence-electron chi connectivity index (χ3n) is 12.2. The molecule has 1 nitrogen and oxygen atoms in total. The maximum atomic E-state index is 3.74. The average molecular weight is 768 g/mol. The van der Waals surface area contributed by atoms with E-state index in [1.807, 2.05) is 22.7 Å². The van der Waals surface area contributed by atoms with Gasteiger partial charge in [-0.05, 0) is 121 Å². The molecular weight excluding hydrogens is 727 g/mol. The van der Waals surface area contributed by atoms with Crippen LogP contribution in [0, 0.1) is 41.5 Å². The zero-order valence-corrected chi connectivity index (χ0v) is 34.7. The quantitative estimate of drug-likeness (QED) is 0.184. The summed E-state index contributed by atoms with van der Waals surface area (Å²) < 4.78 is 5.40. The second-order valence-corrected chi connectivity index (χ2v) is 18.2. The van der Waals surface area contributed by atoms with Gasteiger partial charge >= 0.3 is 0 Å². The highest BCUT2D eigenvalue weighted by molar-refractivity contribution is 7.27. The lowest BCUT2D eigenvalue weighted by molar-refractivity contribution is 1.32. The average Bonchev–Trinajstić information content (AvgIpc) is 3.89. The minimum absolute atomic E-state index is 1.16. The Kier molecular flexibility index (Phi) is 7.67. The highest BCUT2D eigenvalue weighted by Gasteiger charge is 2.19. The molecule has 0 amide bonds. The minimum Gasteiger partial charge on any atom is -0.355 e. The lowest BCUT2D eigenvalue weighted by atomic mass is 9.92. The van der Waals surface area contributed by atoms with Crippen LogP contribution < -0.4 is 0 Å². The summed E-state index contributed by atoms with van der Waals surface area (Å²) in [6.45, 7) is 13.4. The van der Waals surface area contributed by atoms with E-state index in [4.69, 9.17) is 0 Å². The number of aryl methyl sites for hydroxylation is 6. The van der Waals surface area contributed by atoms with Gasteiger partial charge in [-0.25, -0.2) is 0 Å². The Labute approximate surface area is 340 Å². The topological polar surface area (TPSA) is 15.8 Å². The molecule has 0 aliphatic rings. The molecule has 11 rings (SSSR count). The Bertz CT molecular complexity index is 3200. The van der Waals surface area contributed by atoms with Crippen molar-refractivity contribution in [3.8, 4) is 44.5 Å². The Morgan fingerprint density at radius 2 is 0.667 bits per heavy atom. The first-order valence-electron chi connectivity index (χ1n) is 19.8. The standard InChI is InChI=1S/C54H41NS2/c1-29-23-31(3)49(32(4)24-29)43-17-9-15-41-39-13-7-11-37(51(39)56-53(41)43)35-19-21-47-45(27-35)46-28-36(20-22-48(46)55-47)38-12-8-14-40-42-16-10-18-44(54(42)57-52(38)40)50-33(5)25-30(2)26-34(50)6/h7-28,55H,1-6H3. The zero-order valence-electron chi connectivity index (χ0n) is 33.0. The predicted molar refractivity (Wildman–Crippen MR) is 252 cm³/mol. The number of rotatable bonds is 4. The molecule has 3 aromatic heterocycles. The number of aromatic nitrogens is 1. The largest absolute Gasteiger partial charge is 0.355 e. The highest BCUT2D eigenvalue weighted by Crippen LogP contribution is 2.47. The van der Waals surface area contributed by atoms with Gasteiger partial charge < -0.3 is 4.98 Å². The van der Waals surface area contributed by atoms with E-state index in [9.17, 15) is 0 Å². The van der Waals surface area contributed by atoms with Gasteiger partial charge in [0.25, 0.3) is 0 Å². The Morgan fingerprint density at radius 1 is 0.333 bits per heavy atom. The number of hydrogen-bond donors (Lipinski definition) is 1. The van der Waals surface area contributed by atoms with Gasteiger partial charge in [-0.1, -0.05) is 120 Å². The fourth-order valence-electron chi connectivity index (χ4n) is 9.93. The summed E-state index contributed by atoms with van der Waals surface area (Å²) in [6.07, 6.45) is 0. The van der Waals surface area contributed by atoms with Crippen LogP contribution in [0.3, 0.4) is 0 Å². The molecule has 0 unspecified atom stereocenters. The second-order valence-electron chi connectivity index (χ2n) is 16.1. The number of aromatic amines is 1. The number of benzene rings is 8. The van der Waals surface area contributed by atoms with Crippen molar-refractivity contribution in [1.82, 2.24) is 4.98 Å². The van der Waals surface area contributed by atoms with Crippen LogP contribution in [-0.2, 0) is 0 Å². The Balaban J connectivity index is 1.06. The molecule has 0 saturated carbocycles. The van der Waals surface area contributed by atoms with Gasteiger partial charge in [-0.2, -0.15) is 0 Å². The second kappa shape index (κ2) is 12.8. The Hall–Kier alpha value is -6.00. The van der Waals surface area contributed by atoms with E-state index in [1.54, 1.807) is 0 Å². The summed E-state index contributed by atoms with van der Waals surface area (Å²) in [6, 6.07) is 50.5. The van der Waals surface area contributed by atoms with E-state index in [1.165, 1.54) is 129 Å². The van der Waals surface area contributed by atoms with Crippen LogP contribution in [0.2, 0.25) is 0 Å². The molecule has 1 N–H and O–H groups in total.